The molecule has 1 rings (SSSR count). The van der Waals surface area contributed by atoms with Gasteiger partial charge in [-0.05, 0) is 5.56 Å². The van der Waals surface area contributed by atoms with Crippen LogP contribution in [0.1, 0.15) is 12.5 Å². The normalized spacial score (nSPS) is 11.2. The minimum Gasteiger partial charge on any atom is -0.259 e. The molecule has 62 valence electrons. The summed E-state index contributed by atoms with van der Waals surface area (Å²) in [4.78, 5) is 9.85. The van der Waals surface area contributed by atoms with E-state index in [4.69, 9.17) is 0 Å². The predicted molar refractivity (Wildman–Crippen MR) is 47.1 cm³/mol. The van der Waals surface area contributed by atoms with Gasteiger partial charge in [0.1, 0.15) is 0 Å². The molecule has 0 bridgehead atoms. The zero-order valence-corrected chi connectivity index (χ0v) is 6.73. The molecule has 0 atom stereocenters. The maximum Gasteiger partial charge on any atom is 0.243 e. The lowest BCUT2D eigenvalue weighted by Gasteiger charge is -1.91. The van der Waals surface area contributed by atoms with Crippen LogP contribution in [0.15, 0.2) is 36.0 Å². The third kappa shape index (κ3) is 2.20. The summed E-state index contributed by atoms with van der Waals surface area (Å²) in [7, 11) is 0. The first kappa shape index (κ1) is 8.46. The summed E-state index contributed by atoms with van der Waals surface area (Å²) >= 11 is 0. The molecule has 0 spiro atoms. The van der Waals surface area contributed by atoms with E-state index in [0.717, 1.165) is 5.56 Å². The molecule has 1 aromatic carbocycles. The minimum atomic E-state index is -0.396. The highest BCUT2D eigenvalue weighted by Gasteiger charge is 2.00. The number of hydrogen-bond acceptors (Lipinski definition) is 2. The first-order valence-corrected chi connectivity index (χ1v) is 3.58. The minimum absolute atomic E-state index is 0.154. The van der Waals surface area contributed by atoms with Gasteiger partial charge in [-0.25, -0.2) is 0 Å². The van der Waals surface area contributed by atoms with Gasteiger partial charge >= 0.3 is 0 Å². The molecule has 0 saturated carbocycles. The molecule has 3 heteroatoms. The second-order valence-electron chi connectivity index (χ2n) is 2.45. The van der Waals surface area contributed by atoms with Gasteiger partial charge < -0.3 is 0 Å². The van der Waals surface area contributed by atoms with Crippen molar-refractivity contribution < 1.29 is 4.92 Å². The Morgan fingerprint density at radius 1 is 1.42 bits per heavy atom. The highest BCUT2D eigenvalue weighted by atomic mass is 16.6. The average molecular weight is 163 g/mol. The van der Waals surface area contributed by atoms with Crippen molar-refractivity contribution in [1.29, 1.82) is 0 Å². The monoisotopic (exact) mass is 163 g/mol. The average Bonchev–Trinajstić information content (AvgIpc) is 2.06. The fourth-order valence-electron chi connectivity index (χ4n) is 0.843. The van der Waals surface area contributed by atoms with Crippen LogP contribution >= 0.6 is 0 Å². The van der Waals surface area contributed by atoms with Crippen LogP contribution in [0.4, 0.5) is 0 Å². The van der Waals surface area contributed by atoms with Gasteiger partial charge in [-0.2, -0.15) is 0 Å². The van der Waals surface area contributed by atoms with Crippen LogP contribution in [0.5, 0.6) is 0 Å². The lowest BCUT2D eigenvalue weighted by Crippen LogP contribution is -1.92. The molecule has 0 amide bonds. The van der Waals surface area contributed by atoms with Gasteiger partial charge in [-0.15, -0.1) is 0 Å². The van der Waals surface area contributed by atoms with E-state index in [2.05, 4.69) is 0 Å². The van der Waals surface area contributed by atoms with Crippen LogP contribution in [0.2, 0.25) is 0 Å². The summed E-state index contributed by atoms with van der Waals surface area (Å²) in [6, 6.07) is 9.22. The highest BCUT2D eigenvalue weighted by Crippen LogP contribution is 2.05. The van der Waals surface area contributed by atoms with Crippen molar-refractivity contribution in [2.45, 2.75) is 6.92 Å². The van der Waals surface area contributed by atoms with E-state index in [1.165, 1.54) is 6.92 Å². The Morgan fingerprint density at radius 3 is 2.50 bits per heavy atom. The van der Waals surface area contributed by atoms with E-state index in [9.17, 15) is 10.1 Å². The Balaban J connectivity index is 2.89. The van der Waals surface area contributed by atoms with Gasteiger partial charge in [0, 0.05) is 13.0 Å². The smallest absolute Gasteiger partial charge is 0.243 e. The molecule has 1 aromatic rings. The topological polar surface area (TPSA) is 43.1 Å². The third-order valence-corrected chi connectivity index (χ3v) is 1.46. The third-order valence-electron chi connectivity index (χ3n) is 1.46. The molecule has 0 heterocycles. The molecule has 0 unspecified atom stereocenters. The Hall–Kier alpha value is -1.64. The van der Waals surface area contributed by atoms with Crippen LogP contribution in [-0.2, 0) is 0 Å². The molecule has 0 fully saturated rings. The van der Waals surface area contributed by atoms with E-state index in [1.54, 1.807) is 6.08 Å². The molecule has 12 heavy (non-hydrogen) atoms. The van der Waals surface area contributed by atoms with Gasteiger partial charge in [0.2, 0.25) is 5.70 Å². The Morgan fingerprint density at radius 2 is 2.00 bits per heavy atom. The summed E-state index contributed by atoms with van der Waals surface area (Å²) in [5.41, 5.74) is 1.01. The zero-order valence-electron chi connectivity index (χ0n) is 6.73. The molecule has 0 aromatic heterocycles. The second kappa shape index (κ2) is 3.67. The van der Waals surface area contributed by atoms with E-state index in [-0.39, 0.29) is 5.70 Å². The standard InChI is InChI=1S/C9H9NO2/c1-8(10(11)12)7-9-5-3-2-4-6-9/h2-7H,1H3. The molecule has 0 aliphatic heterocycles. The van der Waals surface area contributed by atoms with Crippen molar-refractivity contribution in [3.05, 3.63) is 51.7 Å². The molecule has 0 aliphatic carbocycles. The van der Waals surface area contributed by atoms with Crippen molar-refractivity contribution in [3.8, 4) is 0 Å². The van der Waals surface area contributed by atoms with Crippen molar-refractivity contribution in [2.24, 2.45) is 0 Å². The predicted octanol–water partition coefficient (Wildman–Crippen LogP) is 2.32. The summed E-state index contributed by atoms with van der Waals surface area (Å²) in [5, 5.41) is 10.2. The Labute approximate surface area is 70.5 Å². The van der Waals surface area contributed by atoms with E-state index >= 15 is 0 Å². The van der Waals surface area contributed by atoms with Crippen LogP contribution in [0.25, 0.3) is 6.08 Å². The van der Waals surface area contributed by atoms with E-state index in [0.29, 0.717) is 0 Å². The first-order valence-electron chi connectivity index (χ1n) is 3.58. The van der Waals surface area contributed by atoms with Gasteiger partial charge in [-0.1, -0.05) is 30.3 Å². The van der Waals surface area contributed by atoms with Gasteiger partial charge in [0.05, 0.1) is 4.92 Å². The lowest BCUT2D eigenvalue weighted by atomic mass is 10.2. The number of allylic oxidation sites excluding steroid dienone is 1. The largest absolute Gasteiger partial charge is 0.259 e. The fraction of sp³-hybridized carbons (Fsp3) is 0.111. The number of nitrogens with zero attached hydrogens (tertiary/aromatic N) is 1. The van der Waals surface area contributed by atoms with Gasteiger partial charge in [-0.3, -0.25) is 10.1 Å². The van der Waals surface area contributed by atoms with Crippen molar-refractivity contribution in [2.75, 3.05) is 0 Å². The summed E-state index contributed by atoms with van der Waals surface area (Å²) in [6.45, 7) is 1.48. The summed E-state index contributed by atoms with van der Waals surface area (Å²) in [6.07, 6.45) is 1.54. The molecule has 0 radical (unpaired) electrons. The Kier molecular flexibility index (Phi) is 2.58. The van der Waals surface area contributed by atoms with E-state index in [1.807, 2.05) is 30.3 Å². The van der Waals surface area contributed by atoms with Crippen molar-refractivity contribution in [3.63, 3.8) is 0 Å². The van der Waals surface area contributed by atoms with Crippen LogP contribution < -0.4 is 0 Å². The maximum absolute atomic E-state index is 10.2. The number of hydrogen-bond donors (Lipinski definition) is 0. The molecule has 0 N–H and O–H groups in total. The van der Waals surface area contributed by atoms with Gasteiger partial charge in [0.15, 0.2) is 0 Å². The molecular weight excluding hydrogens is 154 g/mol. The van der Waals surface area contributed by atoms with Crippen LogP contribution in [0.3, 0.4) is 0 Å². The lowest BCUT2D eigenvalue weighted by molar-refractivity contribution is -0.422. The summed E-state index contributed by atoms with van der Waals surface area (Å²) in [5.74, 6) is 0. The highest BCUT2D eigenvalue weighted by molar-refractivity contribution is 5.49. The van der Waals surface area contributed by atoms with Crippen molar-refractivity contribution in [1.82, 2.24) is 0 Å². The number of nitro groups is 1. The van der Waals surface area contributed by atoms with Gasteiger partial charge in [0.25, 0.3) is 0 Å². The Bertz CT molecular complexity index is 304. The fourth-order valence-corrected chi connectivity index (χ4v) is 0.843. The first-order chi connectivity index (χ1) is 5.70. The van der Waals surface area contributed by atoms with E-state index < -0.39 is 4.92 Å². The number of benzene rings is 1. The molecular formula is C9H9NO2. The summed E-state index contributed by atoms with van der Waals surface area (Å²) < 4.78 is 0. The molecule has 3 nitrogen and oxygen atoms in total. The second-order valence-corrected chi connectivity index (χ2v) is 2.45. The maximum atomic E-state index is 10.2. The van der Waals surface area contributed by atoms with Crippen molar-refractivity contribution >= 4 is 6.08 Å². The molecule has 0 aliphatic rings. The quantitative estimate of drug-likeness (QED) is 0.496. The molecule has 0 saturated heterocycles. The SMILES string of the molecule is CC(=Cc1ccccc1)[N+](=O)[O-]. The number of rotatable bonds is 2. The van der Waals surface area contributed by atoms with Crippen LogP contribution in [0, 0.1) is 10.1 Å². The zero-order chi connectivity index (χ0) is 8.97. The van der Waals surface area contributed by atoms with Crippen LogP contribution in [-0.4, -0.2) is 4.92 Å².